The maximum absolute atomic E-state index is 14.8. The Morgan fingerprint density at radius 2 is 1.65 bits per heavy atom. The van der Waals surface area contributed by atoms with Gasteiger partial charge in [-0.3, -0.25) is 0 Å². The molecule has 1 aromatic carbocycles. The minimum atomic E-state index is -2.30. The number of hydrogen-bond donors (Lipinski definition) is 0. The van der Waals surface area contributed by atoms with Gasteiger partial charge in [-0.25, -0.2) is 13.6 Å². The van der Waals surface area contributed by atoms with Gasteiger partial charge in [0.05, 0.1) is 6.61 Å². The SMILES string of the molecule is CCCCCCCCCCc1cc2ccc(OCC/C=C/CCC(F)=C(F)F)c(F)c2c(=O)o1. The molecule has 3 nitrogen and oxygen atoms in total. The molecule has 7 heteroatoms. The van der Waals surface area contributed by atoms with Crippen LogP contribution in [0.2, 0.25) is 0 Å². The Morgan fingerprint density at radius 3 is 2.35 bits per heavy atom. The third-order valence-corrected chi connectivity index (χ3v) is 5.60. The summed E-state index contributed by atoms with van der Waals surface area (Å²) in [7, 11) is 0. The molecule has 0 bridgehead atoms. The highest BCUT2D eigenvalue weighted by Gasteiger charge is 2.14. The van der Waals surface area contributed by atoms with Gasteiger partial charge in [-0.05, 0) is 36.8 Å². The maximum Gasteiger partial charge on any atom is 0.346 e. The average molecular weight is 483 g/mol. The van der Waals surface area contributed by atoms with Crippen LogP contribution in [0.4, 0.5) is 17.6 Å². The van der Waals surface area contributed by atoms with E-state index in [1.54, 1.807) is 24.3 Å². The van der Waals surface area contributed by atoms with Crippen LogP contribution in [0.1, 0.15) is 83.3 Å². The lowest BCUT2D eigenvalue weighted by Crippen LogP contribution is -2.07. The van der Waals surface area contributed by atoms with E-state index < -0.39 is 23.4 Å². The topological polar surface area (TPSA) is 39.4 Å². The number of fused-ring (bicyclic) bond motifs is 1. The van der Waals surface area contributed by atoms with Gasteiger partial charge in [-0.1, -0.05) is 70.1 Å². The fraction of sp³-hybridized carbons (Fsp3) is 0.519. The zero-order valence-electron chi connectivity index (χ0n) is 19.8. The molecular weight excluding hydrogens is 448 g/mol. The van der Waals surface area contributed by atoms with Crippen LogP contribution >= 0.6 is 0 Å². The molecule has 0 N–H and O–H groups in total. The van der Waals surface area contributed by atoms with E-state index in [-0.39, 0.29) is 30.6 Å². The van der Waals surface area contributed by atoms with E-state index in [1.807, 2.05) is 0 Å². The van der Waals surface area contributed by atoms with E-state index in [0.29, 0.717) is 24.0 Å². The fourth-order valence-electron chi connectivity index (χ4n) is 3.72. The van der Waals surface area contributed by atoms with Gasteiger partial charge < -0.3 is 9.15 Å². The molecule has 2 aromatic rings. The highest BCUT2D eigenvalue weighted by molar-refractivity contribution is 5.83. The van der Waals surface area contributed by atoms with E-state index in [4.69, 9.17) is 9.15 Å². The van der Waals surface area contributed by atoms with Gasteiger partial charge in [0.1, 0.15) is 11.1 Å². The van der Waals surface area contributed by atoms with Crippen molar-refractivity contribution in [2.24, 2.45) is 0 Å². The zero-order chi connectivity index (χ0) is 24.8. The Labute approximate surface area is 198 Å². The largest absolute Gasteiger partial charge is 0.490 e. The summed E-state index contributed by atoms with van der Waals surface area (Å²) in [6, 6.07) is 4.82. The summed E-state index contributed by atoms with van der Waals surface area (Å²) in [5.41, 5.74) is -0.718. The number of unbranched alkanes of at least 4 members (excludes halogenated alkanes) is 7. The molecule has 0 spiro atoms. The molecular formula is C27H34F4O3. The maximum atomic E-state index is 14.8. The molecule has 0 aliphatic rings. The molecule has 0 atom stereocenters. The first-order valence-corrected chi connectivity index (χ1v) is 12.2. The molecule has 1 heterocycles. The summed E-state index contributed by atoms with van der Waals surface area (Å²) in [6.45, 7) is 2.32. The van der Waals surface area contributed by atoms with Crippen molar-refractivity contribution in [3.8, 4) is 5.75 Å². The van der Waals surface area contributed by atoms with Gasteiger partial charge in [0.2, 0.25) is 0 Å². The van der Waals surface area contributed by atoms with Crippen LogP contribution in [-0.4, -0.2) is 6.61 Å². The molecule has 0 aliphatic heterocycles. The second kappa shape index (κ2) is 15.4. The quantitative estimate of drug-likeness (QED) is 0.136. The Hall–Kier alpha value is -2.57. The second-order valence-electron chi connectivity index (χ2n) is 8.38. The van der Waals surface area contributed by atoms with Crippen molar-refractivity contribution in [1.29, 1.82) is 0 Å². The van der Waals surface area contributed by atoms with Crippen LogP contribution in [0.5, 0.6) is 5.75 Å². The lowest BCUT2D eigenvalue weighted by molar-refractivity contribution is 0.309. The normalized spacial score (nSPS) is 11.4. The van der Waals surface area contributed by atoms with E-state index in [1.165, 1.54) is 38.2 Å². The van der Waals surface area contributed by atoms with Crippen molar-refractivity contribution in [3.63, 3.8) is 0 Å². The number of ether oxygens (including phenoxy) is 1. The summed E-state index contributed by atoms with van der Waals surface area (Å²) in [4.78, 5) is 12.4. The van der Waals surface area contributed by atoms with Crippen molar-refractivity contribution in [1.82, 2.24) is 0 Å². The van der Waals surface area contributed by atoms with E-state index >= 15 is 0 Å². The van der Waals surface area contributed by atoms with Crippen LogP contribution < -0.4 is 10.4 Å². The van der Waals surface area contributed by atoms with Gasteiger partial charge >= 0.3 is 11.7 Å². The lowest BCUT2D eigenvalue weighted by Gasteiger charge is -2.09. The Balaban J connectivity index is 1.83. The predicted octanol–water partition coefficient (Wildman–Crippen LogP) is 8.80. The van der Waals surface area contributed by atoms with Crippen molar-refractivity contribution < 1.29 is 26.7 Å². The third kappa shape index (κ3) is 9.35. The van der Waals surface area contributed by atoms with Crippen molar-refractivity contribution in [3.05, 3.63) is 64.3 Å². The van der Waals surface area contributed by atoms with E-state index in [9.17, 15) is 22.4 Å². The number of allylic oxidation sites excluding steroid dienone is 2. The van der Waals surface area contributed by atoms with Crippen molar-refractivity contribution in [2.75, 3.05) is 6.61 Å². The summed E-state index contributed by atoms with van der Waals surface area (Å²) in [5, 5.41) is 0.342. The molecule has 2 rings (SSSR count). The molecule has 0 aliphatic carbocycles. The third-order valence-electron chi connectivity index (χ3n) is 5.60. The van der Waals surface area contributed by atoms with Crippen LogP contribution in [0, 0.1) is 5.82 Å². The lowest BCUT2D eigenvalue weighted by atomic mass is 10.1. The van der Waals surface area contributed by atoms with Crippen molar-refractivity contribution in [2.45, 2.75) is 84.0 Å². The molecule has 0 fully saturated rings. The molecule has 0 unspecified atom stereocenters. The molecule has 0 amide bonds. The van der Waals surface area contributed by atoms with Gasteiger partial charge in [0.15, 0.2) is 17.4 Å². The molecule has 34 heavy (non-hydrogen) atoms. The summed E-state index contributed by atoms with van der Waals surface area (Å²) in [5.74, 6) is -1.68. The highest BCUT2D eigenvalue weighted by Crippen LogP contribution is 2.25. The monoisotopic (exact) mass is 482 g/mol. The van der Waals surface area contributed by atoms with Gasteiger partial charge in [-0.15, -0.1) is 0 Å². The smallest absolute Gasteiger partial charge is 0.346 e. The second-order valence-corrected chi connectivity index (χ2v) is 8.38. The number of benzene rings is 1. The number of halogens is 4. The minimum absolute atomic E-state index is 0.0579. The molecule has 0 radical (unpaired) electrons. The first kappa shape index (κ1) is 27.7. The molecule has 1 aromatic heterocycles. The van der Waals surface area contributed by atoms with E-state index in [0.717, 1.165) is 19.3 Å². The van der Waals surface area contributed by atoms with Crippen LogP contribution in [0.15, 0.2) is 51.5 Å². The zero-order valence-corrected chi connectivity index (χ0v) is 19.8. The molecule has 0 saturated carbocycles. The number of aryl methyl sites for hydroxylation is 1. The summed E-state index contributed by atoms with van der Waals surface area (Å²) >= 11 is 0. The molecule has 0 saturated heterocycles. The van der Waals surface area contributed by atoms with Crippen molar-refractivity contribution >= 4 is 10.8 Å². The summed E-state index contributed by atoms with van der Waals surface area (Å²) < 4.78 is 62.2. The Kier molecular flexibility index (Phi) is 12.5. The van der Waals surface area contributed by atoms with Crippen LogP contribution in [-0.2, 0) is 6.42 Å². The number of rotatable bonds is 16. The Morgan fingerprint density at radius 1 is 0.971 bits per heavy atom. The molecule has 188 valence electrons. The Bertz CT molecular complexity index is 1010. The minimum Gasteiger partial charge on any atom is -0.490 e. The highest BCUT2D eigenvalue weighted by atomic mass is 19.3. The first-order chi connectivity index (χ1) is 16.4. The predicted molar refractivity (Wildman–Crippen MR) is 128 cm³/mol. The van der Waals surface area contributed by atoms with Gasteiger partial charge in [0, 0.05) is 12.8 Å². The van der Waals surface area contributed by atoms with Crippen LogP contribution in [0.25, 0.3) is 10.8 Å². The van der Waals surface area contributed by atoms with Gasteiger partial charge in [-0.2, -0.15) is 8.78 Å². The van der Waals surface area contributed by atoms with Crippen LogP contribution in [0.3, 0.4) is 0 Å². The average Bonchev–Trinajstić information content (AvgIpc) is 2.81. The standard InChI is InChI=1S/C27H34F4O3/c1-2-3-4-5-6-7-8-11-14-21-19-20-16-17-23(25(29)24(20)27(32)34-21)33-18-13-10-9-12-15-22(28)26(30)31/h9-10,16-17,19H,2-8,11-15,18H2,1H3/b10-9+. The van der Waals surface area contributed by atoms with Gasteiger partial charge in [0.25, 0.3) is 0 Å². The summed E-state index contributed by atoms with van der Waals surface area (Å²) in [6.07, 6.45) is 11.2. The fourth-order valence-corrected chi connectivity index (χ4v) is 3.72. The number of hydrogen-bond acceptors (Lipinski definition) is 3. The van der Waals surface area contributed by atoms with E-state index in [2.05, 4.69) is 6.92 Å². The first-order valence-electron chi connectivity index (χ1n) is 12.2.